The van der Waals surface area contributed by atoms with Gasteiger partial charge in [-0.1, -0.05) is 18.2 Å². The zero-order valence-corrected chi connectivity index (χ0v) is 13.6. The molecule has 0 amide bonds. The van der Waals surface area contributed by atoms with Gasteiger partial charge in [-0.15, -0.1) is 0 Å². The van der Waals surface area contributed by atoms with Gasteiger partial charge in [-0.05, 0) is 19.1 Å². The number of aryl methyl sites for hydroxylation is 1. The summed E-state index contributed by atoms with van der Waals surface area (Å²) in [5, 5.41) is 4.49. The van der Waals surface area contributed by atoms with Crippen molar-refractivity contribution >= 4 is 28.2 Å². The molecule has 1 aromatic carbocycles. The number of hydrogen-bond donors (Lipinski definition) is 1. The second-order valence-corrected chi connectivity index (χ2v) is 5.76. The number of morpholine rings is 1. The smallest absolute Gasteiger partial charge is 0.136 e. The predicted molar refractivity (Wildman–Crippen MR) is 94.8 cm³/mol. The van der Waals surface area contributed by atoms with Gasteiger partial charge in [0.25, 0.3) is 0 Å². The molecule has 1 fully saturated rings. The van der Waals surface area contributed by atoms with Crippen LogP contribution in [0.25, 0.3) is 10.9 Å². The molecule has 1 aliphatic heterocycles. The Kier molecular flexibility index (Phi) is 3.96. The van der Waals surface area contributed by atoms with Crippen LogP contribution in [0.1, 0.15) is 5.82 Å². The normalized spacial score (nSPS) is 14.8. The van der Waals surface area contributed by atoms with Crippen LogP contribution in [0.15, 0.2) is 42.6 Å². The molecule has 2 aromatic heterocycles. The number of fused-ring (bicyclic) bond motifs is 1. The number of pyridine rings is 1. The van der Waals surface area contributed by atoms with Gasteiger partial charge in [0.2, 0.25) is 0 Å². The Bertz CT molecular complexity index is 856. The number of benzene rings is 1. The topological polar surface area (TPSA) is 63.2 Å². The lowest BCUT2D eigenvalue weighted by Gasteiger charge is -2.28. The molecule has 6 nitrogen and oxygen atoms in total. The SMILES string of the molecule is Cc1nc(Nc2cccc3cccnc23)cc(N2CCOCC2)n1. The molecule has 0 atom stereocenters. The van der Waals surface area contributed by atoms with Crippen molar-refractivity contribution in [3.63, 3.8) is 0 Å². The highest BCUT2D eigenvalue weighted by Gasteiger charge is 2.14. The first kappa shape index (κ1) is 14.8. The third-order valence-corrected chi connectivity index (χ3v) is 4.05. The second-order valence-electron chi connectivity index (χ2n) is 5.76. The van der Waals surface area contributed by atoms with E-state index < -0.39 is 0 Å². The minimum absolute atomic E-state index is 0.735. The predicted octanol–water partition coefficient (Wildman–Crippen LogP) is 2.91. The Balaban J connectivity index is 1.67. The van der Waals surface area contributed by atoms with Crippen LogP contribution in [0.5, 0.6) is 0 Å². The fraction of sp³-hybridized carbons (Fsp3) is 0.278. The molecule has 0 radical (unpaired) electrons. The maximum Gasteiger partial charge on any atom is 0.136 e. The van der Waals surface area contributed by atoms with Crippen LogP contribution in [0.3, 0.4) is 0 Å². The average molecular weight is 321 g/mol. The molecule has 0 bridgehead atoms. The van der Waals surface area contributed by atoms with Crippen LogP contribution >= 0.6 is 0 Å². The Morgan fingerprint density at radius 2 is 1.92 bits per heavy atom. The number of nitrogens with one attached hydrogen (secondary N) is 1. The van der Waals surface area contributed by atoms with Crippen LogP contribution < -0.4 is 10.2 Å². The summed E-state index contributed by atoms with van der Waals surface area (Å²) in [5.74, 6) is 2.46. The number of aromatic nitrogens is 3. The van der Waals surface area contributed by atoms with E-state index in [1.807, 2.05) is 31.2 Å². The van der Waals surface area contributed by atoms with E-state index in [4.69, 9.17) is 4.74 Å². The van der Waals surface area contributed by atoms with Crippen molar-refractivity contribution in [2.45, 2.75) is 6.92 Å². The van der Waals surface area contributed by atoms with Crippen LogP contribution in [0.4, 0.5) is 17.3 Å². The molecule has 0 saturated carbocycles. The van der Waals surface area contributed by atoms with Crippen molar-refractivity contribution in [1.29, 1.82) is 0 Å². The van der Waals surface area contributed by atoms with E-state index in [0.29, 0.717) is 0 Å². The molecule has 0 unspecified atom stereocenters. The molecule has 3 heterocycles. The van der Waals surface area contributed by atoms with Gasteiger partial charge in [0.1, 0.15) is 17.5 Å². The van der Waals surface area contributed by atoms with Gasteiger partial charge < -0.3 is 15.0 Å². The maximum absolute atomic E-state index is 5.42. The summed E-state index contributed by atoms with van der Waals surface area (Å²) in [5.41, 5.74) is 1.88. The van der Waals surface area contributed by atoms with E-state index in [9.17, 15) is 0 Å². The van der Waals surface area contributed by atoms with E-state index >= 15 is 0 Å². The van der Waals surface area contributed by atoms with Crippen LogP contribution in [0.2, 0.25) is 0 Å². The van der Waals surface area contributed by atoms with E-state index in [0.717, 1.165) is 60.4 Å². The van der Waals surface area contributed by atoms with Crippen molar-refractivity contribution in [3.05, 3.63) is 48.4 Å². The summed E-state index contributed by atoms with van der Waals surface area (Å²) >= 11 is 0. The molecule has 1 N–H and O–H groups in total. The first-order chi connectivity index (χ1) is 11.8. The Morgan fingerprint density at radius 3 is 2.79 bits per heavy atom. The first-order valence-corrected chi connectivity index (χ1v) is 8.09. The molecular weight excluding hydrogens is 302 g/mol. The van der Waals surface area contributed by atoms with E-state index in [1.165, 1.54) is 0 Å². The molecule has 3 aromatic rings. The fourth-order valence-electron chi connectivity index (χ4n) is 2.91. The fourth-order valence-corrected chi connectivity index (χ4v) is 2.91. The lowest BCUT2D eigenvalue weighted by Crippen LogP contribution is -2.36. The highest BCUT2D eigenvalue weighted by atomic mass is 16.5. The number of anilines is 3. The molecule has 6 heteroatoms. The first-order valence-electron chi connectivity index (χ1n) is 8.09. The third kappa shape index (κ3) is 3.00. The maximum atomic E-state index is 5.42. The van der Waals surface area contributed by atoms with Gasteiger partial charge in [-0.25, -0.2) is 9.97 Å². The lowest BCUT2D eigenvalue weighted by atomic mass is 10.2. The standard InChI is InChI=1S/C18H19N5O/c1-13-20-16(12-17(21-13)23-8-10-24-11-9-23)22-15-6-2-4-14-5-3-7-19-18(14)15/h2-7,12H,8-11H2,1H3,(H,20,21,22). The Morgan fingerprint density at radius 1 is 1.08 bits per heavy atom. The average Bonchev–Trinajstić information content (AvgIpc) is 2.62. The van der Waals surface area contributed by atoms with Crippen LogP contribution in [-0.2, 0) is 4.74 Å². The summed E-state index contributed by atoms with van der Waals surface area (Å²) in [7, 11) is 0. The molecule has 0 aliphatic carbocycles. The summed E-state index contributed by atoms with van der Waals surface area (Å²) in [4.78, 5) is 15.8. The number of rotatable bonds is 3. The van der Waals surface area contributed by atoms with Gasteiger partial charge in [0.05, 0.1) is 24.4 Å². The minimum atomic E-state index is 0.735. The van der Waals surface area contributed by atoms with Crippen molar-refractivity contribution in [2.75, 3.05) is 36.5 Å². The highest BCUT2D eigenvalue weighted by Crippen LogP contribution is 2.25. The van der Waals surface area contributed by atoms with Crippen molar-refractivity contribution in [3.8, 4) is 0 Å². The largest absolute Gasteiger partial charge is 0.378 e. The molecule has 4 rings (SSSR count). The monoisotopic (exact) mass is 321 g/mol. The number of para-hydroxylation sites is 1. The number of ether oxygens (including phenoxy) is 1. The van der Waals surface area contributed by atoms with Crippen LogP contribution in [0, 0.1) is 6.92 Å². The van der Waals surface area contributed by atoms with Gasteiger partial charge in [-0.2, -0.15) is 0 Å². The Labute approximate surface area is 140 Å². The van der Waals surface area contributed by atoms with Gasteiger partial charge in [0.15, 0.2) is 0 Å². The molecule has 122 valence electrons. The molecule has 1 aliphatic rings. The van der Waals surface area contributed by atoms with E-state index in [2.05, 4.69) is 37.3 Å². The summed E-state index contributed by atoms with van der Waals surface area (Å²) in [6.07, 6.45) is 1.80. The summed E-state index contributed by atoms with van der Waals surface area (Å²) in [6.45, 7) is 5.09. The quantitative estimate of drug-likeness (QED) is 0.800. The molecule has 1 saturated heterocycles. The third-order valence-electron chi connectivity index (χ3n) is 4.05. The van der Waals surface area contributed by atoms with Gasteiger partial charge >= 0.3 is 0 Å². The number of hydrogen-bond acceptors (Lipinski definition) is 6. The highest BCUT2D eigenvalue weighted by molar-refractivity contribution is 5.91. The number of nitrogens with zero attached hydrogens (tertiary/aromatic N) is 4. The van der Waals surface area contributed by atoms with Crippen molar-refractivity contribution < 1.29 is 4.74 Å². The second kappa shape index (κ2) is 6.41. The van der Waals surface area contributed by atoms with Gasteiger partial charge in [0, 0.05) is 30.7 Å². The van der Waals surface area contributed by atoms with Gasteiger partial charge in [-0.3, -0.25) is 4.98 Å². The molecular formula is C18H19N5O. The van der Waals surface area contributed by atoms with Crippen molar-refractivity contribution in [2.24, 2.45) is 0 Å². The van der Waals surface area contributed by atoms with E-state index in [-0.39, 0.29) is 0 Å². The lowest BCUT2D eigenvalue weighted by molar-refractivity contribution is 0.122. The van der Waals surface area contributed by atoms with Crippen LogP contribution in [-0.4, -0.2) is 41.3 Å². The zero-order valence-electron chi connectivity index (χ0n) is 13.6. The zero-order chi connectivity index (χ0) is 16.4. The summed E-state index contributed by atoms with van der Waals surface area (Å²) in [6, 6.07) is 12.1. The van der Waals surface area contributed by atoms with E-state index in [1.54, 1.807) is 6.20 Å². The molecule has 0 spiro atoms. The molecule has 24 heavy (non-hydrogen) atoms. The van der Waals surface area contributed by atoms with Crippen molar-refractivity contribution in [1.82, 2.24) is 15.0 Å². The Hall–Kier alpha value is -2.73. The minimum Gasteiger partial charge on any atom is -0.378 e. The summed E-state index contributed by atoms with van der Waals surface area (Å²) < 4.78 is 5.42.